The van der Waals surface area contributed by atoms with Crippen molar-refractivity contribution in [3.63, 3.8) is 0 Å². The molecule has 2 aromatic carbocycles. The topological polar surface area (TPSA) is 118 Å². The summed E-state index contributed by atoms with van der Waals surface area (Å²) < 4.78 is 12.0. The van der Waals surface area contributed by atoms with E-state index in [9.17, 15) is 19.6 Å². The minimum absolute atomic E-state index is 0.156. The molecule has 4 rings (SSSR count). The summed E-state index contributed by atoms with van der Waals surface area (Å²) in [7, 11) is 1.82. The highest BCUT2D eigenvalue weighted by atomic mass is 28.2. The van der Waals surface area contributed by atoms with Crippen molar-refractivity contribution in [2.24, 2.45) is 13.0 Å². The number of oxazole rings is 1. The highest BCUT2D eigenvalue weighted by molar-refractivity contribution is 6.40. The number of aromatic nitrogens is 1. The number of likely N-dealkylation sites (tertiary alicyclic amines) is 1. The maximum Gasteiger partial charge on any atom is 0.419 e. The van der Waals surface area contributed by atoms with E-state index >= 15 is 0 Å². The van der Waals surface area contributed by atoms with Gasteiger partial charge in [-0.05, 0) is 49.6 Å². The molecule has 1 atom stereocenters. The highest BCUT2D eigenvalue weighted by Gasteiger charge is 2.41. The number of hydrogen-bond acceptors (Lipinski definition) is 6. The van der Waals surface area contributed by atoms with Crippen molar-refractivity contribution in [2.75, 3.05) is 13.1 Å². The lowest BCUT2D eigenvalue weighted by Gasteiger charge is -2.40. The average Bonchev–Trinajstić information content (AvgIpc) is 3.09. The SMILES string of the molecule is C[Si][C@](C#N)(Cc1ccc(-c2ccc3oc(=O)n(C)c3c2)cc1)NC(=O)C1CN(C(=O)OC(C)(C)C)C1. The van der Waals surface area contributed by atoms with Gasteiger partial charge in [0.2, 0.25) is 5.91 Å². The molecule has 2 radical (unpaired) electrons. The van der Waals surface area contributed by atoms with Crippen LogP contribution in [0, 0.1) is 17.2 Å². The molecular formula is C27H30N4O5Si. The Kier molecular flexibility index (Phi) is 7.02. The molecule has 0 spiro atoms. The van der Waals surface area contributed by atoms with Crippen molar-refractivity contribution in [1.29, 1.82) is 5.26 Å². The number of benzene rings is 2. The summed E-state index contributed by atoms with van der Waals surface area (Å²) in [4.78, 5) is 38.3. The Bertz CT molecular complexity index is 1420. The molecule has 3 aromatic rings. The maximum atomic E-state index is 12.9. The second kappa shape index (κ2) is 9.90. The van der Waals surface area contributed by atoms with Gasteiger partial charge >= 0.3 is 11.8 Å². The molecule has 1 aliphatic heterocycles. The van der Waals surface area contributed by atoms with E-state index in [1.807, 2.05) is 42.9 Å². The lowest BCUT2D eigenvalue weighted by molar-refractivity contribution is -0.130. The predicted molar refractivity (Wildman–Crippen MR) is 140 cm³/mol. The van der Waals surface area contributed by atoms with Crippen molar-refractivity contribution in [2.45, 2.75) is 44.5 Å². The van der Waals surface area contributed by atoms with Crippen molar-refractivity contribution < 1.29 is 18.7 Å². The van der Waals surface area contributed by atoms with E-state index in [2.05, 4.69) is 11.4 Å². The third-order valence-electron chi connectivity index (χ3n) is 6.41. The van der Waals surface area contributed by atoms with Crippen molar-refractivity contribution >= 4 is 32.6 Å². The summed E-state index contributed by atoms with van der Waals surface area (Å²) in [6, 6.07) is 15.7. The van der Waals surface area contributed by atoms with Crippen LogP contribution in [0.3, 0.4) is 0 Å². The van der Waals surface area contributed by atoms with E-state index < -0.39 is 22.6 Å². The molecule has 0 aliphatic carbocycles. The fourth-order valence-corrected chi connectivity index (χ4v) is 4.92. The number of carbonyl (C=O) groups is 2. The maximum absolute atomic E-state index is 12.9. The fourth-order valence-electron chi connectivity index (χ4n) is 4.18. The molecule has 37 heavy (non-hydrogen) atoms. The third kappa shape index (κ3) is 5.62. The molecule has 192 valence electrons. The number of amides is 2. The van der Waals surface area contributed by atoms with E-state index in [0.29, 0.717) is 17.5 Å². The van der Waals surface area contributed by atoms with Crippen LogP contribution < -0.4 is 11.1 Å². The molecule has 2 heterocycles. The number of nitriles is 1. The number of hydrogen-bond donors (Lipinski definition) is 1. The predicted octanol–water partition coefficient (Wildman–Crippen LogP) is 3.30. The number of nitrogens with zero attached hydrogens (tertiary/aromatic N) is 3. The first-order valence-electron chi connectivity index (χ1n) is 12.0. The van der Waals surface area contributed by atoms with Crippen molar-refractivity contribution in [3.05, 3.63) is 58.6 Å². The zero-order chi connectivity index (χ0) is 27.0. The summed E-state index contributed by atoms with van der Waals surface area (Å²) in [5.41, 5.74) is 3.47. The Hall–Kier alpha value is -3.84. The molecule has 9 nitrogen and oxygen atoms in total. The van der Waals surface area contributed by atoms with Gasteiger partial charge in [-0.15, -0.1) is 0 Å². The van der Waals surface area contributed by atoms with E-state index in [0.717, 1.165) is 16.7 Å². The number of carbonyl (C=O) groups excluding carboxylic acids is 2. The monoisotopic (exact) mass is 518 g/mol. The molecule has 1 aromatic heterocycles. The first-order chi connectivity index (χ1) is 17.4. The Morgan fingerprint density at radius 1 is 1.16 bits per heavy atom. The van der Waals surface area contributed by atoms with Crippen LogP contribution in [0.1, 0.15) is 26.3 Å². The number of aryl methyl sites for hydroxylation is 1. The van der Waals surface area contributed by atoms with Gasteiger partial charge in [-0.25, -0.2) is 9.59 Å². The van der Waals surface area contributed by atoms with Crippen LogP contribution in [0.2, 0.25) is 6.55 Å². The summed E-state index contributed by atoms with van der Waals surface area (Å²) in [6.07, 6.45) is -0.0721. The molecule has 2 amide bonds. The number of fused-ring (bicyclic) bond motifs is 1. The van der Waals surface area contributed by atoms with Crippen LogP contribution in [0.5, 0.6) is 0 Å². The molecule has 1 saturated heterocycles. The van der Waals surface area contributed by atoms with E-state index in [1.165, 1.54) is 9.47 Å². The minimum atomic E-state index is -1.03. The lowest BCUT2D eigenvalue weighted by atomic mass is 9.97. The Labute approximate surface area is 217 Å². The van der Waals surface area contributed by atoms with E-state index in [4.69, 9.17) is 9.15 Å². The second-order valence-electron chi connectivity index (χ2n) is 10.3. The zero-order valence-corrected chi connectivity index (χ0v) is 22.6. The van der Waals surface area contributed by atoms with Gasteiger partial charge in [0.1, 0.15) is 10.8 Å². The van der Waals surface area contributed by atoms with Gasteiger partial charge in [-0.2, -0.15) is 5.26 Å². The van der Waals surface area contributed by atoms with Gasteiger partial charge in [0.25, 0.3) is 0 Å². The Morgan fingerprint density at radius 2 is 1.81 bits per heavy atom. The second-order valence-corrected chi connectivity index (χ2v) is 11.7. The molecule has 0 bridgehead atoms. The van der Waals surface area contributed by atoms with Crippen LogP contribution >= 0.6 is 0 Å². The van der Waals surface area contributed by atoms with Gasteiger partial charge in [0.15, 0.2) is 5.58 Å². The number of rotatable bonds is 6. The Balaban J connectivity index is 1.41. The summed E-state index contributed by atoms with van der Waals surface area (Å²) in [6.45, 7) is 7.84. The third-order valence-corrected chi connectivity index (χ3v) is 7.67. The standard InChI is InChI=1S/C27H30N4O5Si/c1-26(2,3)36-25(34)31-14-20(15-31)23(32)29-27(16-28,37-5)13-17-6-8-18(9-7-17)19-10-11-22-21(12-19)30(4)24(33)35-22/h6-12,20H,13-15H2,1-5H3,(H,29,32)/t27-/m0/s1. The van der Waals surface area contributed by atoms with Crippen LogP contribution in [0.25, 0.3) is 22.2 Å². The molecule has 1 fully saturated rings. The molecule has 1 N–H and O–H groups in total. The molecule has 10 heteroatoms. The summed E-state index contributed by atoms with van der Waals surface area (Å²) >= 11 is 0. The van der Waals surface area contributed by atoms with Crippen LogP contribution in [0.15, 0.2) is 51.7 Å². The van der Waals surface area contributed by atoms with Gasteiger partial charge in [-0.1, -0.05) is 36.9 Å². The number of nitrogens with one attached hydrogen (secondary N) is 1. The van der Waals surface area contributed by atoms with Crippen molar-refractivity contribution in [1.82, 2.24) is 14.8 Å². The molecule has 0 unspecified atom stereocenters. The average molecular weight is 519 g/mol. The molecule has 0 saturated carbocycles. The van der Waals surface area contributed by atoms with Gasteiger partial charge in [-0.3, -0.25) is 9.36 Å². The summed E-state index contributed by atoms with van der Waals surface area (Å²) in [5.74, 6) is -1.00. The largest absolute Gasteiger partial charge is 0.444 e. The zero-order valence-electron chi connectivity index (χ0n) is 21.6. The number of ether oxygens (including phenoxy) is 1. The summed E-state index contributed by atoms with van der Waals surface area (Å²) in [5, 5.41) is 11.9. The first-order valence-corrected chi connectivity index (χ1v) is 13.5. The van der Waals surface area contributed by atoms with Gasteiger partial charge < -0.3 is 19.4 Å². The van der Waals surface area contributed by atoms with Crippen LogP contribution in [-0.2, 0) is 23.0 Å². The quantitative estimate of drug-likeness (QED) is 0.501. The fraction of sp³-hybridized carbons (Fsp3) is 0.407. The normalized spacial score (nSPS) is 15.5. The van der Waals surface area contributed by atoms with E-state index in [1.54, 1.807) is 33.9 Å². The van der Waals surface area contributed by atoms with E-state index in [-0.39, 0.29) is 34.4 Å². The smallest absolute Gasteiger partial charge is 0.419 e. The minimum Gasteiger partial charge on any atom is -0.444 e. The van der Waals surface area contributed by atoms with Gasteiger partial charge in [0.05, 0.1) is 27.0 Å². The van der Waals surface area contributed by atoms with Gasteiger partial charge in [0, 0.05) is 26.6 Å². The highest BCUT2D eigenvalue weighted by Crippen LogP contribution is 2.26. The van der Waals surface area contributed by atoms with Crippen LogP contribution in [-0.4, -0.2) is 54.8 Å². The first kappa shape index (κ1) is 26.2. The molecular weight excluding hydrogens is 488 g/mol. The lowest BCUT2D eigenvalue weighted by Crippen LogP contribution is -2.61. The molecule has 1 aliphatic rings. The van der Waals surface area contributed by atoms with Crippen molar-refractivity contribution in [3.8, 4) is 17.2 Å². The van der Waals surface area contributed by atoms with Crippen LogP contribution in [0.4, 0.5) is 4.79 Å². The Morgan fingerprint density at radius 3 is 2.41 bits per heavy atom.